The molecule has 0 aliphatic heterocycles. The van der Waals surface area contributed by atoms with Gasteiger partial charge in [-0.15, -0.1) is 0 Å². The van der Waals surface area contributed by atoms with Crippen molar-refractivity contribution >= 4 is 22.9 Å². The van der Waals surface area contributed by atoms with Gasteiger partial charge in [0.1, 0.15) is 5.82 Å². The summed E-state index contributed by atoms with van der Waals surface area (Å²) in [5.74, 6) is -0.501. The van der Waals surface area contributed by atoms with Crippen molar-refractivity contribution in [2.75, 3.05) is 0 Å². The Balaban J connectivity index is 3.20. The zero-order valence-electron chi connectivity index (χ0n) is 9.22. The molecular weight excluding hydrogens is 227 g/mol. The van der Waals surface area contributed by atoms with Crippen LogP contribution in [0.15, 0.2) is 18.7 Å². The van der Waals surface area contributed by atoms with Crippen molar-refractivity contribution in [1.82, 2.24) is 0 Å². The van der Waals surface area contributed by atoms with Crippen LogP contribution in [0.1, 0.15) is 41.3 Å². The third kappa shape index (κ3) is 2.92. The topological polar surface area (TPSA) is 17.1 Å². The highest BCUT2D eigenvalue weighted by molar-refractivity contribution is 6.67. The minimum absolute atomic E-state index is 0.0647. The first kappa shape index (κ1) is 12.9. The smallest absolute Gasteiger partial charge is 0.255 e. The van der Waals surface area contributed by atoms with Gasteiger partial charge in [0, 0.05) is 0 Å². The number of hydrogen-bond acceptors (Lipinski definition) is 1. The van der Waals surface area contributed by atoms with E-state index >= 15 is 0 Å². The Labute approximate surface area is 99.9 Å². The van der Waals surface area contributed by atoms with Crippen molar-refractivity contribution in [3.05, 3.63) is 41.2 Å². The molecule has 0 N–H and O–H groups in total. The van der Waals surface area contributed by atoms with Crippen molar-refractivity contribution in [2.45, 2.75) is 26.2 Å². The molecular formula is C13H14ClFO. The van der Waals surface area contributed by atoms with Gasteiger partial charge < -0.3 is 0 Å². The molecule has 0 atom stereocenters. The molecule has 0 fully saturated rings. The van der Waals surface area contributed by atoms with E-state index in [-0.39, 0.29) is 5.56 Å². The summed E-state index contributed by atoms with van der Waals surface area (Å²) >= 11 is 5.33. The maximum Gasteiger partial charge on any atom is 0.255 e. The number of halogens is 2. The Bertz CT molecular complexity index is 413. The van der Waals surface area contributed by atoms with E-state index in [1.54, 1.807) is 12.1 Å². The van der Waals surface area contributed by atoms with Crippen molar-refractivity contribution in [2.24, 2.45) is 0 Å². The molecule has 0 bridgehead atoms. The molecule has 0 heterocycles. The Morgan fingerprint density at radius 1 is 1.56 bits per heavy atom. The van der Waals surface area contributed by atoms with Gasteiger partial charge in [-0.05, 0) is 47.7 Å². The minimum atomic E-state index is -0.765. The average Bonchev–Trinajstić information content (AvgIpc) is 2.27. The van der Waals surface area contributed by atoms with Crippen molar-refractivity contribution in [1.29, 1.82) is 0 Å². The highest BCUT2D eigenvalue weighted by Gasteiger charge is 2.14. The van der Waals surface area contributed by atoms with Gasteiger partial charge in [0.25, 0.3) is 5.24 Å². The SMILES string of the molecule is C=Cc1cc(CCCC)c(F)c(C(=O)Cl)c1. The van der Waals surface area contributed by atoms with Gasteiger partial charge in [0.2, 0.25) is 0 Å². The third-order valence-corrected chi connectivity index (χ3v) is 2.62. The second-order valence-corrected chi connectivity index (χ2v) is 3.97. The minimum Gasteiger partial charge on any atom is -0.275 e. The molecule has 0 amide bonds. The third-order valence-electron chi connectivity index (χ3n) is 2.42. The maximum atomic E-state index is 13.8. The number of benzene rings is 1. The summed E-state index contributed by atoms with van der Waals surface area (Å²) in [6.07, 6.45) is 4.05. The first-order chi connectivity index (χ1) is 7.60. The Hall–Kier alpha value is -1.15. The maximum absolute atomic E-state index is 13.8. The molecule has 0 spiro atoms. The number of hydrogen-bond donors (Lipinski definition) is 0. The van der Waals surface area contributed by atoms with E-state index in [0.29, 0.717) is 12.0 Å². The quantitative estimate of drug-likeness (QED) is 0.706. The lowest BCUT2D eigenvalue weighted by molar-refractivity contribution is 0.107. The molecule has 3 heteroatoms. The van der Waals surface area contributed by atoms with E-state index in [2.05, 4.69) is 6.58 Å². The molecule has 1 aromatic carbocycles. The lowest BCUT2D eigenvalue weighted by Gasteiger charge is -2.07. The predicted octanol–water partition coefficient (Wildman–Crippen LogP) is 4.19. The zero-order valence-corrected chi connectivity index (χ0v) is 9.98. The highest BCUT2D eigenvalue weighted by atomic mass is 35.5. The first-order valence-corrected chi connectivity index (χ1v) is 5.62. The van der Waals surface area contributed by atoms with Gasteiger partial charge >= 0.3 is 0 Å². The van der Waals surface area contributed by atoms with E-state index < -0.39 is 11.1 Å². The van der Waals surface area contributed by atoms with Crippen LogP contribution >= 0.6 is 11.6 Å². The molecule has 0 unspecified atom stereocenters. The zero-order chi connectivity index (χ0) is 12.1. The van der Waals surface area contributed by atoms with Crippen molar-refractivity contribution < 1.29 is 9.18 Å². The lowest BCUT2D eigenvalue weighted by atomic mass is 10.0. The molecule has 0 aliphatic rings. The van der Waals surface area contributed by atoms with Crippen LogP contribution < -0.4 is 0 Å². The summed E-state index contributed by atoms with van der Waals surface area (Å²) in [5, 5.41) is -0.765. The van der Waals surface area contributed by atoms with E-state index in [0.717, 1.165) is 18.4 Å². The first-order valence-electron chi connectivity index (χ1n) is 5.24. The standard InChI is InChI=1S/C13H14ClFO/c1-3-5-6-10-7-9(4-2)8-11(12(10)15)13(14)16/h4,7-8H,2-3,5-6H2,1H3. The summed E-state index contributed by atoms with van der Waals surface area (Å²) in [4.78, 5) is 11.1. The van der Waals surface area contributed by atoms with E-state index in [4.69, 9.17) is 11.6 Å². The second-order valence-electron chi connectivity index (χ2n) is 3.62. The normalized spacial score (nSPS) is 10.2. The second kappa shape index (κ2) is 5.80. The summed E-state index contributed by atoms with van der Waals surface area (Å²) in [6.45, 7) is 5.64. The van der Waals surface area contributed by atoms with Crippen LogP contribution in [-0.2, 0) is 6.42 Å². The summed E-state index contributed by atoms with van der Waals surface area (Å²) in [6, 6.07) is 3.13. The monoisotopic (exact) mass is 240 g/mol. The van der Waals surface area contributed by atoms with E-state index in [1.165, 1.54) is 6.07 Å². The van der Waals surface area contributed by atoms with Crippen molar-refractivity contribution in [3.8, 4) is 0 Å². The number of carbonyl (C=O) groups is 1. The van der Waals surface area contributed by atoms with Gasteiger partial charge in [-0.1, -0.05) is 26.0 Å². The van der Waals surface area contributed by atoms with Gasteiger partial charge in [-0.2, -0.15) is 0 Å². The summed E-state index contributed by atoms with van der Waals surface area (Å²) < 4.78 is 13.8. The molecule has 1 rings (SSSR count). The van der Waals surface area contributed by atoms with Crippen molar-refractivity contribution in [3.63, 3.8) is 0 Å². The summed E-state index contributed by atoms with van der Waals surface area (Å²) in [5.41, 5.74) is 1.19. The molecule has 1 aromatic rings. The van der Waals surface area contributed by atoms with Gasteiger partial charge in [-0.25, -0.2) is 4.39 Å². The fourth-order valence-corrected chi connectivity index (χ4v) is 1.66. The molecule has 16 heavy (non-hydrogen) atoms. The van der Waals surface area contributed by atoms with Crippen LogP contribution in [-0.4, -0.2) is 5.24 Å². The Kier molecular flexibility index (Phi) is 4.69. The lowest BCUT2D eigenvalue weighted by Crippen LogP contribution is -2.01. The fourth-order valence-electron chi connectivity index (χ4n) is 1.52. The largest absolute Gasteiger partial charge is 0.275 e. The molecule has 0 saturated heterocycles. The molecule has 0 aromatic heterocycles. The van der Waals surface area contributed by atoms with Gasteiger partial charge in [0.15, 0.2) is 0 Å². The number of rotatable bonds is 5. The fraction of sp³-hybridized carbons (Fsp3) is 0.308. The molecule has 0 aliphatic carbocycles. The molecule has 86 valence electrons. The highest BCUT2D eigenvalue weighted by Crippen LogP contribution is 2.20. The van der Waals surface area contributed by atoms with Crippen LogP contribution in [0.2, 0.25) is 0 Å². The van der Waals surface area contributed by atoms with Gasteiger partial charge in [0.05, 0.1) is 5.56 Å². The van der Waals surface area contributed by atoms with Crippen LogP contribution in [0.5, 0.6) is 0 Å². The predicted molar refractivity (Wildman–Crippen MR) is 65.3 cm³/mol. The summed E-state index contributed by atoms with van der Waals surface area (Å²) in [7, 11) is 0. The van der Waals surface area contributed by atoms with Crippen LogP contribution in [0, 0.1) is 5.82 Å². The Morgan fingerprint density at radius 3 is 2.75 bits per heavy atom. The number of carbonyl (C=O) groups excluding carboxylic acids is 1. The van der Waals surface area contributed by atoms with Crippen LogP contribution in [0.4, 0.5) is 4.39 Å². The van der Waals surface area contributed by atoms with Crippen LogP contribution in [0.3, 0.4) is 0 Å². The number of unbranched alkanes of at least 4 members (excludes halogenated alkanes) is 1. The average molecular weight is 241 g/mol. The number of aryl methyl sites for hydroxylation is 1. The van der Waals surface area contributed by atoms with Gasteiger partial charge in [-0.3, -0.25) is 4.79 Å². The van der Waals surface area contributed by atoms with Crippen LogP contribution in [0.25, 0.3) is 6.08 Å². The van der Waals surface area contributed by atoms with E-state index in [1.807, 2.05) is 6.92 Å². The molecule has 0 saturated carbocycles. The Morgan fingerprint density at radius 2 is 2.25 bits per heavy atom. The van der Waals surface area contributed by atoms with E-state index in [9.17, 15) is 9.18 Å². The molecule has 1 nitrogen and oxygen atoms in total. The molecule has 0 radical (unpaired) electrons.